The molecule has 2 fully saturated rings. The summed E-state index contributed by atoms with van der Waals surface area (Å²) in [6.45, 7) is 3.47. The molecule has 1 N–H and O–H groups in total. The van der Waals surface area contributed by atoms with Crippen molar-refractivity contribution in [1.82, 2.24) is 19.4 Å². The van der Waals surface area contributed by atoms with Gasteiger partial charge in [-0.15, -0.1) is 0 Å². The quantitative estimate of drug-likeness (QED) is 0.373. The van der Waals surface area contributed by atoms with Crippen LogP contribution in [-0.4, -0.2) is 75.7 Å². The first-order chi connectivity index (χ1) is 13.7. The molecule has 0 saturated carbocycles. The fourth-order valence-electron chi connectivity index (χ4n) is 3.62. The molecule has 4 atom stereocenters. The van der Waals surface area contributed by atoms with Crippen LogP contribution in [0.3, 0.4) is 0 Å². The van der Waals surface area contributed by atoms with E-state index >= 15 is 0 Å². The number of ether oxygens (including phenoxy) is 3. The zero-order valence-electron chi connectivity index (χ0n) is 16.4. The summed E-state index contributed by atoms with van der Waals surface area (Å²) in [6, 6.07) is 1.99. The number of nitrogens with zero attached hydrogens (tertiary/aromatic N) is 6. The second-order valence-electron chi connectivity index (χ2n) is 7.59. The molecular weight excluding hydrogens is 491 g/mol. The van der Waals surface area contributed by atoms with Gasteiger partial charge < -0.3 is 28.8 Å². The minimum absolute atomic E-state index is 0.0105. The van der Waals surface area contributed by atoms with Crippen molar-refractivity contribution in [2.45, 2.75) is 44.2 Å². The third-order valence-electron chi connectivity index (χ3n) is 4.70. The molecule has 2 aliphatic heterocycles. The number of aliphatic imine (C=N–C) groups is 1. The molecule has 0 spiro atoms. The lowest BCUT2D eigenvalue weighted by atomic mass is 10.1. The predicted octanol–water partition coefficient (Wildman–Crippen LogP) is 1.54. The Labute approximate surface area is 181 Å². The SMILES string of the molecule is CN(C)C=Nc1nc(C#N)nc2c1c(I)cn2[C@@H]1O[C@H](CO)[C@H]2OC(C)(C)O[C@H]21. The molecule has 2 aliphatic rings. The summed E-state index contributed by atoms with van der Waals surface area (Å²) in [4.78, 5) is 14.9. The molecule has 2 aromatic heterocycles. The second-order valence-corrected chi connectivity index (χ2v) is 8.75. The van der Waals surface area contributed by atoms with Crippen molar-refractivity contribution in [2.24, 2.45) is 4.99 Å². The Kier molecular flexibility index (Phi) is 5.24. The predicted molar refractivity (Wildman–Crippen MR) is 112 cm³/mol. The highest BCUT2D eigenvalue weighted by Gasteiger charge is 2.56. The minimum atomic E-state index is -0.783. The van der Waals surface area contributed by atoms with Gasteiger partial charge in [-0.05, 0) is 36.4 Å². The van der Waals surface area contributed by atoms with E-state index in [4.69, 9.17) is 14.2 Å². The van der Waals surface area contributed by atoms with Crippen molar-refractivity contribution in [2.75, 3.05) is 20.7 Å². The summed E-state index contributed by atoms with van der Waals surface area (Å²) < 4.78 is 20.7. The van der Waals surface area contributed by atoms with Crippen molar-refractivity contribution in [1.29, 1.82) is 5.26 Å². The maximum atomic E-state index is 9.75. The molecule has 29 heavy (non-hydrogen) atoms. The van der Waals surface area contributed by atoms with Crippen LogP contribution in [0.4, 0.5) is 5.82 Å². The average Bonchev–Trinajstić information content (AvgIpc) is 3.27. The highest BCUT2D eigenvalue weighted by Crippen LogP contribution is 2.44. The summed E-state index contributed by atoms with van der Waals surface area (Å²) in [5.74, 6) is -0.369. The summed E-state index contributed by atoms with van der Waals surface area (Å²) in [5.41, 5.74) is 0.516. The molecule has 2 saturated heterocycles. The lowest BCUT2D eigenvalue weighted by Gasteiger charge is -2.24. The van der Waals surface area contributed by atoms with E-state index < -0.39 is 30.3 Å². The lowest BCUT2D eigenvalue weighted by molar-refractivity contribution is -0.199. The molecule has 10 nitrogen and oxygen atoms in total. The van der Waals surface area contributed by atoms with Crippen LogP contribution in [0.5, 0.6) is 0 Å². The largest absolute Gasteiger partial charge is 0.394 e. The summed E-state index contributed by atoms with van der Waals surface area (Å²) in [7, 11) is 3.70. The fourth-order valence-corrected chi connectivity index (χ4v) is 4.41. The maximum Gasteiger partial charge on any atom is 0.236 e. The van der Waals surface area contributed by atoms with Gasteiger partial charge in [0.15, 0.2) is 17.8 Å². The zero-order valence-corrected chi connectivity index (χ0v) is 18.6. The Bertz CT molecular complexity index is 1010. The number of aliphatic hydroxyl groups is 1. The number of fused-ring (bicyclic) bond motifs is 2. The number of nitriles is 1. The van der Waals surface area contributed by atoms with Gasteiger partial charge in [-0.25, -0.2) is 9.98 Å². The number of aliphatic hydroxyl groups excluding tert-OH is 1. The molecule has 0 amide bonds. The molecule has 4 rings (SSSR count). The molecule has 11 heteroatoms. The Balaban J connectivity index is 1.85. The molecule has 0 radical (unpaired) electrons. The Morgan fingerprint density at radius 1 is 1.38 bits per heavy atom. The standard InChI is InChI=1S/C18H21IN6O4/c1-18(2)28-13-10(7-26)27-17(14(13)29-18)25-6-9(19)12-15(21-8-24(3)4)22-11(5-20)23-16(12)25/h6,8,10,13-14,17,26H,7H2,1-4H3/t10-,13-,14-,17-/m1/s1. The van der Waals surface area contributed by atoms with Crippen LogP contribution in [0.15, 0.2) is 11.2 Å². The van der Waals surface area contributed by atoms with Crippen LogP contribution >= 0.6 is 22.6 Å². The summed E-state index contributed by atoms with van der Waals surface area (Å²) in [5, 5.41) is 19.9. The van der Waals surface area contributed by atoms with E-state index in [-0.39, 0.29) is 12.4 Å². The second kappa shape index (κ2) is 7.44. The zero-order chi connectivity index (χ0) is 20.9. The van der Waals surface area contributed by atoms with Crippen molar-refractivity contribution in [3.05, 3.63) is 15.6 Å². The third-order valence-corrected chi connectivity index (χ3v) is 5.51. The molecule has 0 aromatic carbocycles. The molecule has 2 aromatic rings. The van der Waals surface area contributed by atoms with E-state index in [1.54, 1.807) is 11.2 Å². The van der Waals surface area contributed by atoms with Gasteiger partial charge >= 0.3 is 0 Å². The molecule has 154 valence electrons. The van der Waals surface area contributed by atoms with Gasteiger partial charge in [-0.1, -0.05) is 0 Å². The Morgan fingerprint density at radius 3 is 2.76 bits per heavy atom. The van der Waals surface area contributed by atoms with Crippen LogP contribution in [-0.2, 0) is 14.2 Å². The van der Waals surface area contributed by atoms with Gasteiger partial charge in [-0.3, -0.25) is 0 Å². The van der Waals surface area contributed by atoms with E-state index in [0.29, 0.717) is 16.9 Å². The first-order valence-corrected chi connectivity index (χ1v) is 10.1. The van der Waals surface area contributed by atoms with Crippen LogP contribution in [0.25, 0.3) is 11.0 Å². The monoisotopic (exact) mass is 512 g/mol. The minimum Gasteiger partial charge on any atom is -0.394 e. The Morgan fingerprint density at radius 2 is 2.10 bits per heavy atom. The molecule has 4 heterocycles. The first-order valence-electron chi connectivity index (χ1n) is 9.05. The van der Waals surface area contributed by atoms with Gasteiger partial charge in [0.05, 0.1) is 18.3 Å². The first kappa shape index (κ1) is 20.4. The van der Waals surface area contributed by atoms with Crippen LogP contribution in [0.2, 0.25) is 0 Å². The van der Waals surface area contributed by atoms with Crippen molar-refractivity contribution in [3.8, 4) is 6.07 Å². The van der Waals surface area contributed by atoms with Crippen LogP contribution in [0, 0.1) is 14.9 Å². The molecule has 0 unspecified atom stereocenters. The topological polar surface area (TPSA) is 118 Å². The van der Waals surface area contributed by atoms with Gasteiger partial charge in [0.2, 0.25) is 5.82 Å². The summed E-state index contributed by atoms with van der Waals surface area (Å²) >= 11 is 2.19. The molecular formula is C18H21IN6O4. The van der Waals surface area contributed by atoms with Crippen molar-refractivity contribution < 1.29 is 19.3 Å². The highest BCUT2D eigenvalue weighted by atomic mass is 127. The van der Waals surface area contributed by atoms with E-state index in [9.17, 15) is 10.4 Å². The van der Waals surface area contributed by atoms with Gasteiger partial charge in [-0.2, -0.15) is 10.2 Å². The van der Waals surface area contributed by atoms with E-state index in [1.165, 1.54) is 0 Å². The number of hydrogen-bond acceptors (Lipinski definition) is 8. The van der Waals surface area contributed by atoms with E-state index in [2.05, 4.69) is 37.6 Å². The lowest BCUT2D eigenvalue weighted by Crippen LogP contribution is -2.31. The summed E-state index contributed by atoms with van der Waals surface area (Å²) in [6.07, 6.45) is 1.56. The fraction of sp³-hybridized carbons (Fsp3) is 0.556. The van der Waals surface area contributed by atoms with Gasteiger partial charge in [0.25, 0.3) is 0 Å². The number of hydrogen-bond donors (Lipinski definition) is 1. The van der Waals surface area contributed by atoms with Crippen LogP contribution < -0.4 is 0 Å². The third kappa shape index (κ3) is 3.59. The van der Waals surface area contributed by atoms with E-state index in [1.807, 2.05) is 44.8 Å². The molecule has 0 bridgehead atoms. The molecule has 0 aliphatic carbocycles. The normalized spacial score (nSPS) is 28.2. The highest BCUT2D eigenvalue weighted by molar-refractivity contribution is 14.1. The van der Waals surface area contributed by atoms with Crippen molar-refractivity contribution >= 4 is 45.8 Å². The smallest absolute Gasteiger partial charge is 0.236 e. The van der Waals surface area contributed by atoms with Gasteiger partial charge in [0, 0.05) is 23.9 Å². The number of rotatable bonds is 4. The average molecular weight is 512 g/mol. The van der Waals surface area contributed by atoms with Crippen molar-refractivity contribution in [3.63, 3.8) is 0 Å². The maximum absolute atomic E-state index is 9.75. The number of halogens is 1. The Hall–Kier alpha value is -1.85. The van der Waals surface area contributed by atoms with Crippen LogP contribution in [0.1, 0.15) is 25.9 Å². The van der Waals surface area contributed by atoms with Gasteiger partial charge in [0.1, 0.15) is 30.0 Å². The van der Waals surface area contributed by atoms with E-state index in [0.717, 1.165) is 3.57 Å². The number of aromatic nitrogens is 3.